The number of amides is 1. The molecular formula is C19H21NO4S. The molecule has 132 valence electrons. The normalized spacial score (nSPS) is 11.1. The Morgan fingerprint density at radius 3 is 2.20 bits per heavy atom. The van der Waals surface area contributed by atoms with Gasteiger partial charge in [-0.05, 0) is 43.2 Å². The molecule has 5 nitrogen and oxygen atoms in total. The molecule has 0 aromatic heterocycles. The van der Waals surface area contributed by atoms with Crippen LogP contribution < -0.4 is 5.32 Å². The minimum atomic E-state index is -3.24. The third-order valence-corrected chi connectivity index (χ3v) is 5.35. The van der Waals surface area contributed by atoms with Gasteiger partial charge in [0.2, 0.25) is 5.91 Å². The molecule has 2 aromatic carbocycles. The Morgan fingerprint density at radius 2 is 1.60 bits per heavy atom. The van der Waals surface area contributed by atoms with Gasteiger partial charge in [-0.15, -0.1) is 0 Å². The molecule has 6 heteroatoms. The van der Waals surface area contributed by atoms with Gasteiger partial charge < -0.3 is 5.32 Å². The Labute approximate surface area is 148 Å². The molecule has 0 fully saturated rings. The fourth-order valence-electron chi connectivity index (χ4n) is 2.36. The predicted octanol–water partition coefficient (Wildman–Crippen LogP) is 3.22. The number of ketones is 1. The van der Waals surface area contributed by atoms with E-state index in [1.165, 1.54) is 6.92 Å². The van der Waals surface area contributed by atoms with E-state index in [-0.39, 0.29) is 36.0 Å². The first-order chi connectivity index (χ1) is 11.9. The van der Waals surface area contributed by atoms with Crippen LogP contribution in [0.3, 0.4) is 0 Å². The Kier molecular flexibility index (Phi) is 6.47. The van der Waals surface area contributed by atoms with Crippen molar-refractivity contribution < 1.29 is 18.0 Å². The lowest BCUT2D eigenvalue weighted by atomic mass is 10.1. The van der Waals surface area contributed by atoms with Crippen LogP contribution in [0.15, 0.2) is 54.6 Å². The lowest BCUT2D eigenvalue weighted by molar-refractivity contribution is -0.116. The number of benzene rings is 2. The van der Waals surface area contributed by atoms with E-state index in [9.17, 15) is 18.0 Å². The second-order valence-corrected chi connectivity index (χ2v) is 8.05. The third kappa shape index (κ3) is 6.51. The molecular weight excluding hydrogens is 338 g/mol. The summed E-state index contributed by atoms with van der Waals surface area (Å²) in [4.78, 5) is 23.1. The maximum absolute atomic E-state index is 12.1. The van der Waals surface area contributed by atoms with Gasteiger partial charge in [-0.1, -0.05) is 30.3 Å². The van der Waals surface area contributed by atoms with Gasteiger partial charge in [-0.25, -0.2) is 8.42 Å². The predicted molar refractivity (Wildman–Crippen MR) is 98.2 cm³/mol. The molecule has 0 aliphatic rings. The Bertz CT molecular complexity index is 827. The first kappa shape index (κ1) is 18.9. The average molecular weight is 359 g/mol. The average Bonchev–Trinajstić information content (AvgIpc) is 2.55. The van der Waals surface area contributed by atoms with E-state index in [0.717, 1.165) is 5.56 Å². The minimum absolute atomic E-state index is 0.0119. The van der Waals surface area contributed by atoms with Gasteiger partial charge in [0.15, 0.2) is 15.6 Å². The highest BCUT2D eigenvalue weighted by molar-refractivity contribution is 7.90. The molecule has 0 saturated heterocycles. The van der Waals surface area contributed by atoms with Gasteiger partial charge in [0, 0.05) is 17.7 Å². The maximum Gasteiger partial charge on any atom is 0.224 e. The fraction of sp³-hybridized carbons (Fsp3) is 0.263. The van der Waals surface area contributed by atoms with Crippen molar-refractivity contribution in [1.29, 1.82) is 0 Å². The summed E-state index contributed by atoms with van der Waals surface area (Å²) in [5.74, 6) is -0.326. The Morgan fingerprint density at radius 1 is 0.960 bits per heavy atom. The molecule has 2 aromatic rings. The van der Waals surface area contributed by atoms with Gasteiger partial charge in [0.1, 0.15) is 0 Å². The number of hydrogen-bond acceptors (Lipinski definition) is 4. The molecule has 0 bridgehead atoms. The summed E-state index contributed by atoms with van der Waals surface area (Å²) >= 11 is 0. The van der Waals surface area contributed by atoms with Gasteiger partial charge in [-0.3, -0.25) is 9.59 Å². The maximum atomic E-state index is 12.1. The summed E-state index contributed by atoms with van der Waals surface area (Å²) in [6, 6.07) is 15.6. The van der Waals surface area contributed by atoms with E-state index in [1.807, 2.05) is 6.07 Å². The second-order valence-electron chi connectivity index (χ2n) is 5.86. The zero-order valence-electron chi connectivity index (χ0n) is 14.1. The number of carbonyl (C=O) groups is 2. The zero-order valence-corrected chi connectivity index (χ0v) is 14.9. The molecule has 0 radical (unpaired) electrons. The van der Waals surface area contributed by atoms with Crippen molar-refractivity contribution in [2.24, 2.45) is 0 Å². The fourth-order valence-corrected chi connectivity index (χ4v) is 3.79. The van der Waals surface area contributed by atoms with E-state index in [1.54, 1.807) is 48.5 Å². The number of hydrogen-bond donors (Lipinski definition) is 1. The van der Waals surface area contributed by atoms with Crippen molar-refractivity contribution in [3.05, 3.63) is 65.7 Å². The van der Waals surface area contributed by atoms with Crippen molar-refractivity contribution in [2.45, 2.75) is 25.5 Å². The van der Waals surface area contributed by atoms with Crippen LogP contribution in [0.5, 0.6) is 0 Å². The van der Waals surface area contributed by atoms with Crippen LogP contribution in [-0.2, 0) is 20.4 Å². The van der Waals surface area contributed by atoms with Crippen LogP contribution in [0, 0.1) is 0 Å². The molecule has 0 atom stereocenters. The van der Waals surface area contributed by atoms with Crippen LogP contribution in [-0.4, -0.2) is 25.9 Å². The van der Waals surface area contributed by atoms with E-state index in [2.05, 4.69) is 5.32 Å². The first-order valence-electron chi connectivity index (χ1n) is 8.01. The summed E-state index contributed by atoms with van der Waals surface area (Å²) in [5.41, 5.74) is 1.91. The highest BCUT2D eigenvalue weighted by Gasteiger charge is 2.13. The Balaban J connectivity index is 1.78. The third-order valence-electron chi connectivity index (χ3n) is 3.66. The van der Waals surface area contributed by atoms with Crippen molar-refractivity contribution in [3.8, 4) is 0 Å². The number of anilines is 1. The Hall–Kier alpha value is -2.47. The lowest BCUT2D eigenvalue weighted by Gasteiger charge is -2.07. The summed E-state index contributed by atoms with van der Waals surface area (Å²) in [6.07, 6.45) is 0.398. The standard InChI is InChI=1S/C19H21NO4S/c1-15(21)17-9-11-18(12-10-17)20-19(22)8-5-13-25(23,24)14-16-6-3-2-4-7-16/h2-4,6-7,9-12H,5,8,13-14H2,1H3,(H,20,22). The number of carbonyl (C=O) groups excluding carboxylic acids is 2. The van der Waals surface area contributed by atoms with Gasteiger partial charge in [0.05, 0.1) is 11.5 Å². The summed E-state index contributed by atoms with van der Waals surface area (Å²) in [6.45, 7) is 1.48. The van der Waals surface area contributed by atoms with Crippen LogP contribution in [0.25, 0.3) is 0 Å². The van der Waals surface area contributed by atoms with Crippen molar-refractivity contribution in [3.63, 3.8) is 0 Å². The van der Waals surface area contributed by atoms with Crippen LogP contribution in [0.2, 0.25) is 0 Å². The molecule has 0 unspecified atom stereocenters. The zero-order chi connectivity index (χ0) is 18.3. The topological polar surface area (TPSA) is 80.3 Å². The summed E-state index contributed by atoms with van der Waals surface area (Å²) in [7, 11) is -3.24. The number of rotatable bonds is 8. The smallest absolute Gasteiger partial charge is 0.224 e. The van der Waals surface area contributed by atoms with Crippen molar-refractivity contribution in [2.75, 3.05) is 11.1 Å². The van der Waals surface area contributed by atoms with Crippen LogP contribution >= 0.6 is 0 Å². The molecule has 1 N–H and O–H groups in total. The largest absolute Gasteiger partial charge is 0.326 e. The summed E-state index contributed by atoms with van der Waals surface area (Å²) < 4.78 is 24.2. The van der Waals surface area contributed by atoms with Gasteiger partial charge in [0.25, 0.3) is 0 Å². The van der Waals surface area contributed by atoms with Gasteiger partial charge in [-0.2, -0.15) is 0 Å². The molecule has 0 heterocycles. The monoisotopic (exact) mass is 359 g/mol. The molecule has 0 aliphatic carbocycles. The number of sulfone groups is 1. The molecule has 25 heavy (non-hydrogen) atoms. The van der Waals surface area contributed by atoms with Crippen molar-refractivity contribution >= 4 is 27.2 Å². The summed E-state index contributed by atoms with van der Waals surface area (Å²) in [5, 5.41) is 2.70. The SMILES string of the molecule is CC(=O)c1ccc(NC(=O)CCCS(=O)(=O)Cc2ccccc2)cc1. The highest BCUT2D eigenvalue weighted by atomic mass is 32.2. The quantitative estimate of drug-likeness (QED) is 0.734. The van der Waals surface area contributed by atoms with Crippen LogP contribution in [0.4, 0.5) is 5.69 Å². The molecule has 2 rings (SSSR count). The van der Waals surface area contributed by atoms with Crippen LogP contribution in [0.1, 0.15) is 35.7 Å². The van der Waals surface area contributed by atoms with E-state index < -0.39 is 9.84 Å². The van der Waals surface area contributed by atoms with E-state index in [4.69, 9.17) is 0 Å². The van der Waals surface area contributed by atoms with E-state index >= 15 is 0 Å². The second kappa shape index (κ2) is 8.58. The highest BCUT2D eigenvalue weighted by Crippen LogP contribution is 2.12. The first-order valence-corrected chi connectivity index (χ1v) is 9.83. The molecule has 0 spiro atoms. The molecule has 0 saturated carbocycles. The minimum Gasteiger partial charge on any atom is -0.326 e. The van der Waals surface area contributed by atoms with Crippen molar-refractivity contribution in [1.82, 2.24) is 0 Å². The van der Waals surface area contributed by atoms with E-state index in [0.29, 0.717) is 11.3 Å². The number of nitrogens with one attached hydrogen (secondary N) is 1. The molecule has 0 aliphatic heterocycles. The van der Waals surface area contributed by atoms with Gasteiger partial charge >= 0.3 is 0 Å². The lowest BCUT2D eigenvalue weighted by Crippen LogP contribution is -2.15. The molecule has 1 amide bonds. The number of Topliss-reactive ketones (excluding diaryl/α,β-unsaturated/α-hetero) is 1.